The van der Waals surface area contributed by atoms with Crippen molar-refractivity contribution in [3.05, 3.63) is 23.2 Å². The number of hydrogen-bond donors (Lipinski definition) is 0. The smallest absolute Gasteiger partial charge is 0.243 e. The SMILES string of the molecule is COc1ccc(S(=O)(=O)N2CCC(CN3CCN(C)CC3)CC2)cc1Cl. The Morgan fingerprint density at radius 3 is 2.35 bits per heavy atom. The van der Waals surface area contributed by atoms with Gasteiger partial charge in [-0.3, -0.25) is 0 Å². The number of rotatable bonds is 5. The molecule has 0 amide bonds. The van der Waals surface area contributed by atoms with Crippen LogP contribution in [0.25, 0.3) is 0 Å². The molecule has 2 heterocycles. The number of piperidine rings is 1. The minimum Gasteiger partial charge on any atom is -0.495 e. The van der Waals surface area contributed by atoms with Crippen LogP contribution in [0.2, 0.25) is 5.02 Å². The molecular weight excluding hydrogens is 374 g/mol. The summed E-state index contributed by atoms with van der Waals surface area (Å²) in [6.45, 7) is 6.68. The van der Waals surface area contributed by atoms with Gasteiger partial charge in [0.25, 0.3) is 0 Å². The first-order valence-corrected chi connectivity index (χ1v) is 11.0. The largest absolute Gasteiger partial charge is 0.495 e. The third-order valence-corrected chi connectivity index (χ3v) is 7.64. The molecule has 0 N–H and O–H groups in total. The van der Waals surface area contributed by atoms with Crippen molar-refractivity contribution in [2.24, 2.45) is 5.92 Å². The summed E-state index contributed by atoms with van der Waals surface area (Å²) in [5.74, 6) is 1.06. The topological polar surface area (TPSA) is 53.1 Å². The quantitative estimate of drug-likeness (QED) is 0.755. The van der Waals surface area contributed by atoms with Gasteiger partial charge in [-0.15, -0.1) is 0 Å². The molecule has 2 aliphatic heterocycles. The first-order valence-electron chi connectivity index (χ1n) is 9.14. The van der Waals surface area contributed by atoms with Crippen molar-refractivity contribution in [2.45, 2.75) is 17.7 Å². The van der Waals surface area contributed by atoms with Gasteiger partial charge in [0.15, 0.2) is 0 Å². The standard InChI is InChI=1S/C18H28ClN3O3S/c1-20-9-11-21(12-10-20)14-15-5-7-22(8-6-15)26(23,24)16-3-4-18(25-2)17(19)13-16/h3-4,13,15H,5-12,14H2,1-2H3. The van der Waals surface area contributed by atoms with Gasteiger partial charge >= 0.3 is 0 Å². The van der Waals surface area contributed by atoms with Gasteiger partial charge in [0.05, 0.1) is 17.0 Å². The molecule has 0 bridgehead atoms. The molecule has 0 aromatic heterocycles. The van der Waals surface area contributed by atoms with Gasteiger partial charge in [-0.1, -0.05) is 11.6 Å². The van der Waals surface area contributed by atoms with Gasteiger partial charge < -0.3 is 14.5 Å². The van der Waals surface area contributed by atoms with Crippen LogP contribution in [0.1, 0.15) is 12.8 Å². The highest BCUT2D eigenvalue weighted by Gasteiger charge is 2.30. The lowest BCUT2D eigenvalue weighted by atomic mass is 9.97. The number of sulfonamides is 1. The van der Waals surface area contributed by atoms with Crippen molar-refractivity contribution in [3.63, 3.8) is 0 Å². The maximum absolute atomic E-state index is 12.9. The summed E-state index contributed by atoms with van der Waals surface area (Å²) in [6, 6.07) is 4.65. The fourth-order valence-electron chi connectivity index (χ4n) is 3.68. The molecule has 2 aliphatic rings. The fourth-order valence-corrected chi connectivity index (χ4v) is 5.50. The zero-order chi connectivity index (χ0) is 18.7. The van der Waals surface area contributed by atoms with Crippen molar-refractivity contribution in [1.82, 2.24) is 14.1 Å². The van der Waals surface area contributed by atoms with Crippen LogP contribution in [0.4, 0.5) is 0 Å². The lowest BCUT2D eigenvalue weighted by Crippen LogP contribution is -2.47. The molecule has 2 saturated heterocycles. The Balaban J connectivity index is 1.57. The Morgan fingerprint density at radius 2 is 1.77 bits per heavy atom. The number of methoxy groups -OCH3 is 1. The Labute approximate surface area is 161 Å². The third-order valence-electron chi connectivity index (χ3n) is 5.45. The minimum atomic E-state index is -3.50. The fraction of sp³-hybridized carbons (Fsp3) is 0.667. The molecule has 1 aromatic rings. The summed E-state index contributed by atoms with van der Waals surface area (Å²) >= 11 is 6.10. The second kappa shape index (κ2) is 8.44. The summed E-state index contributed by atoms with van der Waals surface area (Å²) in [5.41, 5.74) is 0. The van der Waals surface area contributed by atoms with Gasteiger partial charge in [-0.25, -0.2) is 8.42 Å². The van der Waals surface area contributed by atoms with Crippen LogP contribution in [0.5, 0.6) is 5.75 Å². The van der Waals surface area contributed by atoms with E-state index in [9.17, 15) is 8.42 Å². The first-order chi connectivity index (χ1) is 12.4. The lowest BCUT2D eigenvalue weighted by Gasteiger charge is -2.37. The molecule has 1 aromatic carbocycles. The maximum atomic E-state index is 12.9. The Bertz CT molecular complexity index is 712. The second-order valence-electron chi connectivity index (χ2n) is 7.25. The van der Waals surface area contributed by atoms with E-state index in [0.29, 0.717) is 29.8 Å². The van der Waals surface area contributed by atoms with Crippen molar-refractivity contribution in [3.8, 4) is 5.75 Å². The van der Waals surface area contributed by atoms with E-state index < -0.39 is 10.0 Å². The zero-order valence-electron chi connectivity index (χ0n) is 15.5. The average Bonchev–Trinajstić information content (AvgIpc) is 2.64. The van der Waals surface area contributed by atoms with E-state index in [-0.39, 0.29) is 4.90 Å². The number of piperazine rings is 1. The van der Waals surface area contributed by atoms with Gasteiger partial charge in [-0.05, 0) is 44.0 Å². The molecule has 26 heavy (non-hydrogen) atoms. The van der Waals surface area contributed by atoms with Crippen LogP contribution in [-0.4, -0.2) is 82.5 Å². The molecule has 0 saturated carbocycles. The third kappa shape index (κ3) is 4.51. The highest BCUT2D eigenvalue weighted by molar-refractivity contribution is 7.89. The molecule has 0 aliphatic carbocycles. The molecule has 6 nitrogen and oxygen atoms in total. The molecule has 3 rings (SSSR count). The predicted molar refractivity (Wildman–Crippen MR) is 103 cm³/mol. The Morgan fingerprint density at radius 1 is 1.12 bits per heavy atom. The van der Waals surface area contributed by atoms with Crippen molar-refractivity contribution in [2.75, 3.05) is 60.0 Å². The van der Waals surface area contributed by atoms with Crippen molar-refractivity contribution in [1.29, 1.82) is 0 Å². The van der Waals surface area contributed by atoms with E-state index in [1.54, 1.807) is 16.4 Å². The molecule has 0 unspecified atom stereocenters. The molecule has 2 fully saturated rings. The number of nitrogens with zero attached hydrogens (tertiary/aromatic N) is 3. The normalized spacial score (nSPS) is 21.8. The molecule has 146 valence electrons. The summed E-state index contributed by atoms with van der Waals surface area (Å²) in [6.07, 6.45) is 1.82. The molecule has 8 heteroatoms. The van der Waals surface area contributed by atoms with E-state index in [1.807, 2.05) is 0 Å². The lowest BCUT2D eigenvalue weighted by molar-refractivity contribution is 0.120. The van der Waals surface area contributed by atoms with Crippen LogP contribution in [-0.2, 0) is 10.0 Å². The monoisotopic (exact) mass is 401 g/mol. The van der Waals surface area contributed by atoms with Gasteiger partial charge in [0, 0.05) is 45.8 Å². The van der Waals surface area contributed by atoms with E-state index in [4.69, 9.17) is 16.3 Å². The molecular formula is C18H28ClN3O3S. The minimum absolute atomic E-state index is 0.237. The predicted octanol–water partition coefficient (Wildman–Crippen LogP) is 2.00. The first kappa shape index (κ1) is 19.9. The highest BCUT2D eigenvalue weighted by Crippen LogP contribution is 2.30. The van der Waals surface area contributed by atoms with E-state index >= 15 is 0 Å². The van der Waals surface area contributed by atoms with Crippen LogP contribution in [0.15, 0.2) is 23.1 Å². The number of ether oxygens (including phenoxy) is 1. The maximum Gasteiger partial charge on any atom is 0.243 e. The second-order valence-corrected chi connectivity index (χ2v) is 9.59. The summed E-state index contributed by atoms with van der Waals surface area (Å²) in [7, 11) is 0.173. The van der Waals surface area contributed by atoms with Crippen LogP contribution < -0.4 is 4.74 Å². The average molecular weight is 402 g/mol. The number of halogens is 1. The van der Waals surface area contributed by atoms with Crippen LogP contribution in [0.3, 0.4) is 0 Å². The molecule has 0 radical (unpaired) electrons. The summed E-state index contributed by atoms with van der Waals surface area (Å²) < 4.78 is 32.5. The number of likely N-dealkylation sites (N-methyl/N-ethyl adjacent to an activating group) is 1. The highest BCUT2D eigenvalue weighted by atomic mass is 35.5. The van der Waals surface area contributed by atoms with E-state index in [1.165, 1.54) is 13.2 Å². The number of benzene rings is 1. The zero-order valence-corrected chi connectivity index (χ0v) is 17.1. The van der Waals surface area contributed by atoms with Gasteiger partial charge in [-0.2, -0.15) is 4.31 Å². The van der Waals surface area contributed by atoms with Crippen molar-refractivity contribution < 1.29 is 13.2 Å². The molecule has 0 atom stereocenters. The Hall–Kier alpha value is -0.860. The summed E-state index contributed by atoms with van der Waals surface area (Å²) in [4.78, 5) is 5.10. The van der Waals surface area contributed by atoms with Crippen LogP contribution >= 0.6 is 11.6 Å². The van der Waals surface area contributed by atoms with Crippen LogP contribution in [0, 0.1) is 5.92 Å². The summed E-state index contributed by atoms with van der Waals surface area (Å²) in [5, 5.41) is 0.318. The Kier molecular flexibility index (Phi) is 6.45. The molecule has 0 spiro atoms. The van der Waals surface area contributed by atoms with E-state index in [2.05, 4.69) is 16.8 Å². The van der Waals surface area contributed by atoms with E-state index in [0.717, 1.165) is 45.6 Å². The van der Waals surface area contributed by atoms with Crippen molar-refractivity contribution >= 4 is 21.6 Å². The van der Waals surface area contributed by atoms with Gasteiger partial charge in [0.2, 0.25) is 10.0 Å². The number of hydrogen-bond acceptors (Lipinski definition) is 5. The van der Waals surface area contributed by atoms with Gasteiger partial charge in [0.1, 0.15) is 5.75 Å².